The lowest BCUT2D eigenvalue weighted by Gasteiger charge is -2.15. The standard InChI is InChI=1S/C18H18ClNO4/c1-12(2)16(10-21)14-4-6-15(7-5-14)24-11-13-3-8-17(19)18(9-13)20(22)23/h3-10,12,16H,11H2,1-2H3. The minimum Gasteiger partial charge on any atom is -0.489 e. The predicted octanol–water partition coefficient (Wildman–Crippen LogP) is 4.77. The monoisotopic (exact) mass is 347 g/mol. The van der Waals surface area contributed by atoms with Crippen LogP contribution in [0.4, 0.5) is 5.69 Å². The lowest BCUT2D eigenvalue weighted by Crippen LogP contribution is -2.07. The minimum atomic E-state index is -0.522. The van der Waals surface area contributed by atoms with Crippen molar-refractivity contribution in [2.24, 2.45) is 5.92 Å². The SMILES string of the molecule is CC(C)C(C=O)c1ccc(OCc2ccc(Cl)c([N+](=O)[O-])c2)cc1. The zero-order chi connectivity index (χ0) is 17.7. The highest BCUT2D eigenvalue weighted by atomic mass is 35.5. The summed E-state index contributed by atoms with van der Waals surface area (Å²) in [5.74, 6) is 0.714. The Bertz CT molecular complexity index is 728. The number of nitro groups is 1. The maximum Gasteiger partial charge on any atom is 0.288 e. The Balaban J connectivity index is 2.06. The molecule has 1 atom stereocenters. The quantitative estimate of drug-likeness (QED) is 0.411. The van der Waals surface area contributed by atoms with Crippen LogP contribution in [0.3, 0.4) is 0 Å². The van der Waals surface area contributed by atoms with Gasteiger partial charge >= 0.3 is 0 Å². The van der Waals surface area contributed by atoms with Gasteiger partial charge in [0.25, 0.3) is 5.69 Å². The van der Waals surface area contributed by atoms with E-state index in [2.05, 4.69) is 0 Å². The third kappa shape index (κ3) is 4.32. The van der Waals surface area contributed by atoms with Gasteiger partial charge in [0.2, 0.25) is 0 Å². The summed E-state index contributed by atoms with van der Waals surface area (Å²) in [6.07, 6.45) is 0.952. The van der Waals surface area contributed by atoms with Gasteiger partial charge in [-0.05, 0) is 35.2 Å². The van der Waals surface area contributed by atoms with Crippen molar-refractivity contribution in [1.82, 2.24) is 0 Å². The molecule has 0 saturated carbocycles. The topological polar surface area (TPSA) is 69.4 Å². The second-order valence-corrected chi connectivity index (χ2v) is 6.21. The molecular formula is C18H18ClNO4. The highest BCUT2D eigenvalue weighted by Crippen LogP contribution is 2.27. The highest BCUT2D eigenvalue weighted by Gasteiger charge is 2.15. The van der Waals surface area contributed by atoms with Gasteiger partial charge in [-0.1, -0.05) is 43.6 Å². The largest absolute Gasteiger partial charge is 0.489 e. The van der Waals surface area contributed by atoms with Gasteiger partial charge in [-0.25, -0.2) is 0 Å². The number of hydrogen-bond acceptors (Lipinski definition) is 4. The Labute approximate surface area is 145 Å². The predicted molar refractivity (Wildman–Crippen MR) is 92.5 cm³/mol. The van der Waals surface area contributed by atoms with E-state index in [4.69, 9.17) is 16.3 Å². The van der Waals surface area contributed by atoms with Crippen LogP contribution in [0.5, 0.6) is 5.75 Å². The van der Waals surface area contributed by atoms with E-state index in [0.29, 0.717) is 11.3 Å². The second kappa shape index (κ2) is 7.93. The molecule has 0 N–H and O–H groups in total. The molecule has 5 nitrogen and oxygen atoms in total. The first kappa shape index (κ1) is 17.9. The molecule has 0 aliphatic rings. The van der Waals surface area contributed by atoms with Crippen LogP contribution in [0.1, 0.15) is 30.9 Å². The summed E-state index contributed by atoms with van der Waals surface area (Å²) in [6.45, 7) is 4.19. The summed E-state index contributed by atoms with van der Waals surface area (Å²) in [6, 6.07) is 11.9. The van der Waals surface area contributed by atoms with E-state index in [0.717, 1.165) is 11.8 Å². The average molecular weight is 348 g/mol. The van der Waals surface area contributed by atoms with E-state index in [1.54, 1.807) is 18.2 Å². The molecule has 0 amide bonds. The molecule has 0 fully saturated rings. The number of halogens is 1. The fourth-order valence-corrected chi connectivity index (χ4v) is 2.55. The van der Waals surface area contributed by atoms with Crippen molar-refractivity contribution in [3.05, 3.63) is 68.7 Å². The molecule has 0 spiro atoms. The second-order valence-electron chi connectivity index (χ2n) is 5.81. The molecule has 2 aromatic carbocycles. The van der Waals surface area contributed by atoms with Crippen LogP contribution in [-0.2, 0) is 11.4 Å². The summed E-state index contributed by atoms with van der Waals surface area (Å²) in [7, 11) is 0. The van der Waals surface area contributed by atoms with Crippen molar-refractivity contribution in [3.63, 3.8) is 0 Å². The number of aldehydes is 1. The third-order valence-corrected chi connectivity index (χ3v) is 4.06. The number of nitro benzene ring substituents is 1. The number of carbonyl (C=O) groups excluding carboxylic acids is 1. The van der Waals surface area contributed by atoms with Crippen molar-refractivity contribution in [1.29, 1.82) is 0 Å². The molecule has 0 aromatic heterocycles. The third-order valence-electron chi connectivity index (χ3n) is 3.74. The number of hydrogen-bond donors (Lipinski definition) is 0. The van der Waals surface area contributed by atoms with E-state index in [1.807, 2.05) is 26.0 Å². The Morgan fingerprint density at radius 3 is 2.42 bits per heavy atom. The summed E-state index contributed by atoms with van der Waals surface area (Å²) >= 11 is 5.78. The Hall–Kier alpha value is -2.40. The van der Waals surface area contributed by atoms with Gasteiger partial charge in [0.1, 0.15) is 23.7 Å². The fourth-order valence-electron chi connectivity index (χ4n) is 2.36. The molecule has 0 heterocycles. The first-order valence-corrected chi connectivity index (χ1v) is 7.91. The lowest BCUT2D eigenvalue weighted by atomic mass is 9.90. The Kier molecular flexibility index (Phi) is 5.93. The summed E-state index contributed by atoms with van der Waals surface area (Å²) in [5.41, 5.74) is 1.46. The Morgan fingerprint density at radius 1 is 1.21 bits per heavy atom. The lowest BCUT2D eigenvalue weighted by molar-refractivity contribution is -0.384. The van der Waals surface area contributed by atoms with Crippen molar-refractivity contribution in [2.75, 3.05) is 0 Å². The van der Waals surface area contributed by atoms with Crippen LogP contribution in [0, 0.1) is 16.0 Å². The summed E-state index contributed by atoms with van der Waals surface area (Å²) < 4.78 is 5.64. The van der Waals surface area contributed by atoms with Crippen LogP contribution < -0.4 is 4.74 Å². The zero-order valence-corrected chi connectivity index (χ0v) is 14.2. The molecule has 0 radical (unpaired) electrons. The van der Waals surface area contributed by atoms with Gasteiger partial charge in [0.05, 0.1) is 4.92 Å². The highest BCUT2D eigenvalue weighted by molar-refractivity contribution is 6.32. The van der Waals surface area contributed by atoms with Crippen LogP contribution in [-0.4, -0.2) is 11.2 Å². The fraction of sp³-hybridized carbons (Fsp3) is 0.278. The maximum atomic E-state index is 11.2. The minimum absolute atomic E-state index is 0.0988. The first-order chi connectivity index (χ1) is 11.4. The molecule has 2 rings (SSSR count). The molecule has 24 heavy (non-hydrogen) atoms. The summed E-state index contributed by atoms with van der Waals surface area (Å²) in [5, 5.41) is 11.0. The molecule has 126 valence electrons. The molecule has 1 unspecified atom stereocenters. The van der Waals surface area contributed by atoms with Gasteiger partial charge in [0, 0.05) is 12.0 Å². The maximum absolute atomic E-state index is 11.2. The van der Waals surface area contributed by atoms with E-state index in [-0.39, 0.29) is 29.2 Å². The van der Waals surface area contributed by atoms with Crippen molar-refractivity contribution in [3.8, 4) is 5.75 Å². The number of benzene rings is 2. The number of ether oxygens (including phenoxy) is 1. The number of rotatable bonds is 7. The van der Waals surface area contributed by atoms with E-state index < -0.39 is 4.92 Å². The van der Waals surface area contributed by atoms with Gasteiger partial charge in [0.15, 0.2) is 0 Å². The van der Waals surface area contributed by atoms with Crippen molar-refractivity contribution >= 4 is 23.6 Å². The molecule has 0 bridgehead atoms. The average Bonchev–Trinajstić information content (AvgIpc) is 2.55. The van der Waals surface area contributed by atoms with Gasteiger partial charge < -0.3 is 9.53 Å². The molecule has 0 aliphatic heterocycles. The van der Waals surface area contributed by atoms with Gasteiger partial charge in [-0.15, -0.1) is 0 Å². The van der Waals surface area contributed by atoms with Crippen molar-refractivity contribution in [2.45, 2.75) is 26.4 Å². The summed E-state index contributed by atoms with van der Waals surface area (Å²) in [4.78, 5) is 21.5. The molecule has 0 saturated heterocycles. The van der Waals surface area contributed by atoms with Gasteiger partial charge in [-0.3, -0.25) is 10.1 Å². The Morgan fingerprint density at radius 2 is 1.88 bits per heavy atom. The van der Waals surface area contributed by atoms with Gasteiger partial charge in [-0.2, -0.15) is 0 Å². The van der Waals surface area contributed by atoms with Crippen LogP contribution in [0.25, 0.3) is 0 Å². The zero-order valence-electron chi connectivity index (χ0n) is 13.4. The van der Waals surface area contributed by atoms with E-state index in [9.17, 15) is 14.9 Å². The van der Waals surface area contributed by atoms with Crippen molar-refractivity contribution < 1.29 is 14.5 Å². The first-order valence-electron chi connectivity index (χ1n) is 7.53. The van der Waals surface area contributed by atoms with E-state index >= 15 is 0 Å². The van der Waals surface area contributed by atoms with Crippen LogP contribution in [0.15, 0.2) is 42.5 Å². The van der Waals surface area contributed by atoms with E-state index in [1.165, 1.54) is 12.1 Å². The smallest absolute Gasteiger partial charge is 0.288 e. The van der Waals surface area contributed by atoms with Crippen LogP contribution in [0.2, 0.25) is 5.02 Å². The molecular weight excluding hydrogens is 330 g/mol. The normalized spacial score (nSPS) is 12.0. The molecule has 6 heteroatoms. The molecule has 0 aliphatic carbocycles. The number of carbonyl (C=O) groups is 1. The number of nitrogens with zero attached hydrogens (tertiary/aromatic N) is 1. The van der Waals surface area contributed by atoms with Crippen LogP contribution >= 0.6 is 11.6 Å². The molecule has 2 aromatic rings.